The monoisotopic (exact) mass is 411 g/mol. The number of rotatable bonds is 5. The summed E-state index contributed by atoms with van der Waals surface area (Å²) in [6, 6.07) is 9.36. The van der Waals surface area contributed by atoms with Gasteiger partial charge in [-0.3, -0.25) is 18.8 Å². The van der Waals surface area contributed by atoms with Crippen LogP contribution >= 0.6 is 11.3 Å². The molecule has 0 radical (unpaired) electrons. The number of hydrogen-bond acceptors (Lipinski definition) is 6. The molecule has 0 bridgehead atoms. The first-order valence-corrected chi connectivity index (χ1v) is 10.3. The number of hydrogen-bond donors (Lipinski definition) is 0. The van der Waals surface area contributed by atoms with Crippen LogP contribution in [0.3, 0.4) is 0 Å². The van der Waals surface area contributed by atoms with Crippen molar-refractivity contribution < 1.29 is 14.3 Å². The summed E-state index contributed by atoms with van der Waals surface area (Å²) in [5.41, 5.74) is 3.23. The van der Waals surface area contributed by atoms with Gasteiger partial charge in [0, 0.05) is 36.7 Å². The molecule has 1 aliphatic heterocycles. The lowest BCUT2D eigenvalue weighted by atomic mass is 10.1. The number of carbonyl (C=O) groups is 2. The Bertz CT molecular complexity index is 1130. The Balaban J connectivity index is 1.37. The van der Waals surface area contributed by atoms with Crippen molar-refractivity contribution in [1.82, 2.24) is 14.3 Å². The lowest BCUT2D eigenvalue weighted by Gasteiger charge is -2.16. The highest BCUT2D eigenvalue weighted by Crippen LogP contribution is 2.22. The van der Waals surface area contributed by atoms with Gasteiger partial charge < -0.3 is 9.64 Å². The van der Waals surface area contributed by atoms with E-state index in [-0.39, 0.29) is 24.5 Å². The van der Waals surface area contributed by atoms with Gasteiger partial charge in [0.05, 0.1) is 11.6 Å². The number of esters is 1. The molecule has 4 rings (SSSR count). The molecule has 3 heterocycles. The van der Waals surface area contributed by atoms with Crippen molar-refractivity contribution in [3.63, 3.8) is 0 Å². The fourth-order valence-corrected chi connectivity index (χ4v) is 4.33. The molecular weight excluding hydrogens is 390 g/mol. The van der Waals surface area contributed by atoms with Crippen molar-refractivity contribution in [3.05, 3.63) is 68.6 Å². The van der Waals surface area contributed by atoms with E-state index in [9.17, 15) is 14.4 Å². The maximum Gasteiger partial charge on any atom is 0.311 e. The summed E-state index contributed by atoms with van der Waals surface area (Å²) in [7, 11) is 0. The predicted octanol–water partition coefficient (Wildman–Crippen LogP) is 2.46. The SMILES string of the molecule is Cc1ccc(CN2CC(C(=O)OCc3cc(=O)n4c(C)csc4n3)CC2=O)cc1. The Labute approximate surface area is 171 Å². The van der Waals surface area contributed by atoms with Crippen molar-refractivity contribution in [1.29, 1.82) is 0 Å². The van der Waals surface area contributed by atoms with Crippen LogP contribution in [0.15, 0.2) is 40.5 Å². The van der Waals surface area contributed by atoms with Crippen LogP contribution in [0.4, 0.5) is 0 Å². The van der Waals surface area contributed by atoms with Gasteiger partial charge in [0.2, 0.25) is 5.91 Å². The zero-order valence-electron chi connectivity index (χ0n) is 16.3. The van der Waals surface area contributed by atoms with Crippen LogP contribution in [0.1, 0.15) is 28.9 Å². The molecule has 0 saturated carbocycles. The molecule has 29 heavy (non-hydrogen) atoms. The Morgan fingerprint density at radius 2 is 2.00 bits per heavy atom. The van der Waals surface area contributed by atoms with E-state index in [4.69, 9.17) is 4.74 Å². The predicted molar refractivity (Wildman–Crippen MR) is 109 cm³/mol. The number of amides is 1. The maximum absolute atomic E-state index is 12.4. The molecule has 1 atom stereocenters. The average molecular weight is 411 g/mol. The highest BCUT2D eigenvalue weighted by molar-refractivity contribution is 7.15. The average Bonchev–Trinajstić information content (AvgIpc) is 3.25. The number of likely N-dealkylation sites (tertiary alicyclic amines) is 1. The molecular formula is C21H21N3O4S. The quantitative estimate of drug-likeness (QED) is 0.603. The van der Waals surface area contributed by atoms with E-state index in [1.165, 1.54) is 21.8 Å². The lowest BCUT2D eigenvalue weighted by molar-refractivity contribution is -0.149. The Kier molecular flexibility index (Phi) is 5.19. The molecule has 1 fully saturated rings. The molecule has 7 nitrogen and oxygen atoms in total. The molecule has 2 aromatic heterocycles. The van der Waals surface area contributed by atoms with Crippen LogP contribution in [0.5, 0.6) is 0 Å². The van der Waals surface area contributed by atoms with E-state index in [0.717, 1.165) is 16.8 Å². The molecule has 1 saturated heterocycles. The third-order valence-electron chi connectivity index (χ3n) is 5.03. The summed E-state index contributed by atoms with van der Waals surface area (Å²) in [6.45, 7) is 4.59. The van der Waals surface area contributed by atoms with Crippen molar-refractivity contribution in [2.45, 2.75) is 33.4 Å². The van der Waals surface area contributed by atoms with Crippen molar-refractivity contribution >= 4 is 28.2 Å². The lowest BCUT2D eigenvalue weighted by Crippen LogP contribution is -2.26. The first-order valence-electron chi connectivity index (χ1n) is 9.37. The second-order valence-electron chi connectivity index (χ2n) is 7.35. The van der Waals surface area contributed by atoms with Crippen LogP contribution in [0.2, 0.25) is 0 Å². The maximum atomic E-state index is 12.4. The van der Waals surface area contributed by atoms with Crippen LogP contribution in [-0.4, -0.2) is 32.7 Å². The van der Waals surface area contributed by atoms with Crippen LogP contribution in [0, 0.1) is 19.8 Å². The highest BCUT2D eigenvalue weighted by atomic mass is 32.1. The first kappa shape index (κ1) is 19.3. The third-order valence-corrected chi connectivity index (χ3v) is 5.98. The smallest absolute Gasteiger partial charge is 0.311 e. The number of thiazole rings is 1. The fourth-order valence-electron chi connectivity index (χ4n) is 3.43. The molecule has 0 N–H and O–H groups in total. The number of fused-ring (bicyclic) bond motifs is 1. The Hall–Kier alpha value is -3.00. The molecule has 1 aliphatic rings. The van der Waals surface area contributed by atoms with Crippen LogP contribution in [0.25, 0.3) is 4.96 Å². The van der Waals surface area contributed by atoms with Crippen molar-refractivity contribution in [3.8, 4) is 0 Å². The van der Waals surface area contributed by atoms with Crippen molar-refractivity contribution in [2.24, 2.45) is 5.92 Å². The summed E-state index contributed by atoms with van der Waals surface area (Å²) < 4.78 is 6.88. The number of carbonyl (C=O) groups excluding carboxylic acids is 2. The third kappa shape index (κ3) is 4.07. The summed E-state index contributed by atoms with van der Waals surface area (Å²) in [5, 5.41) is 1.85. The van der Waals surface area contributed by atoms with Gasteiger partial charge in [0.15, 0.2) is 4.96 Å². The van der Waals surface area contributed by atoms with Crippen molar-refractivity contribution in [2.75, 3.05) is 6.54 Å². The van der Waals surface area contributed by atoms with E-state index in [1.807, 2.05) is 43.5 Å². The zero-order chi connectivity index (χ0) is 20.5. The van der Waals surface area contributed by atoms with Gasteiger partial charge in [-0.15, -0.1) is 11.3 Å². The number of aryl methyl sites for hydroxylation is 2. The molecule has 1 unspecified atom stereocenters. The van der Waals surface area contributed by atoms with Gasteiger partial charge in [-0.1, -0.05) is 29.8 Å². The van der Waals surface area contributed by atoms with E-state index in [1.54, 1.807) is 4.90 Å². The Morgan fingerprint density at radius 1 is 1.24 bits per heavy atom. The molecule has 0 spiro atoms. The highest BCUT2D eigenvalue weighted by Gasteiger charge is 2.35. The first-order chi connectivity index (χ1) is 13.9. The second-order valence-corrected chi connectivity index (χ2v) is 8.19. The van der Waals surface area contributed by atoms with Crippen LogP contribution in [-0.2, 0) is 27.5 Å². The van der Waals surface area contributed by atoms with Gasteiger partial charge >= 0.3 is 5.97 Å². The molecule has 3 aromatic rings. The summed E-state index contributed by atoms with van der Waals surface area (Å²) in [6.07, 6.45) is 0.143. The molecule has 150 valence electrons. The second kappa shape index (κ2) is 7.79. The molecule has 8 heteroatoms. The van der Waals surface area contributed by atoms with E-state index < -0.39 is 11.9 Å². The van der Waals surface area contributed by atoms with Gasteiger partial charge in [-0.2, -0.15) is 0 Å². The van der Waals surface area contributed by atoms with E-state index in [2.05, 4.69) is 4.98 Å². The van der Waals surface area contributed by atoms with Gasteiger partial charge in [0.1, 0.15) is 6.61 Å². The van der Waals surface area contributed by atoms with E-state index >= 15 is 0 Å². The van der Waals surface area contributed by atoms with Gasteiger partial charge in [0.25, 0.3) is 5.56 Å². The molecule has 1 aromatic carbocycles. The minimum Gasteiger partial charge on any atom is -0.459 e. The normalized spacial score (nSPS) is 16.6. The minimum atomic E-state index is -0.498. The summed E-state index contributed by atoms with van der Waals surface area (Å²) in [4.78, 5) is 43.6. The summed E-state index contributed by atoms with van der Waals surface area (Å²) in [5.74, 6) is -0.991. The molecule has 1 amide bonds. The number of aromatic nitrogens is 2. The minimum absolute atomic E-state index is 0.0561. The van der Waals surface area contributed by atoms with Gasteiger partial charge in [-0.25, -0.2) is 4.98 Å². The summed E-state index contributed by atoms with van der Waals surface area (Å²) >= 11 is 1.36. The number of nitrogens with zero attached hydrogens (tertiary/aromatic N) is 3. The Morgan fingerprint density at radius 3 is 2.76 bits per heavy atom. The topological polar surface area (TPSA) is 81.0 Å². The fraction of sp³-hybridized carbons (Fsp3) is 0.333. The zero-order valence-corrected chi connectivity index (χ0v) is 17.1. The number of ether oxygens (including phenoxy) is 1. The standard InChI is InChI=1S/C21H21N3O4S/c1-13-3-5-15(6-4-13)9-23-10-16(7-18(23)25)20(27)28-11-17-8-19(26)24-14(2)12-29-21(24)22-17/h3-6,8,12,16H,7,9-11H2,1-2H3. The van der Waals surface area contributed by atoms with Crippen LogP contribution < -0.4 is 5.56 Å². The van der Waals surface area contributed by atoms with E-state index in [0.29, 0.717) is 23.7 Å². The largest absolute Gasteiger partial charge is 0.459 e. The van der Waals surface area contributed by atoms with Gasteiger partial charge in [-0.05, 0) is 19.4 Å². The number of benzene rings is 1. The molecule has 0 aliphatic carbocycles.